The van der Waals surface area contributed by atoms with Crippen molar-refractivity contribution in [3.63, 3.8) is 0 Å². The van der Waals surface area contributed by atoms with E-state index in [4.69, 9.17) is 15.2 Å². The summed E-state index contributed by atoms with van der Waals surface area (Å²) in [6.45, 7) is 3.70. The summed E-state index contributed by atoms with van der Waals surface area (Å²) in [5.74, 6) is 0.574. The Morgan fingerprint density at radius 3 is 2.89 bits per heavy atom. The molecule has 0 saturated carbocycles. The van der Waals surface area contributed by atoms with E-state index < -0.39 is 0 Å². The van der Waals surface area contributed by atoms with Gasteiger partial charge in [-0.05, 0) is 17.7 Å². The zero-order chi connectivity index (χ0) is 14.1. The molecule has 1 rings (SSSR count). The fraction of sp³-hybridized carbons (Fsp3) is 0.500. The minimum atomic E-state index is -0.166. The van der Waals surface area contributed by atoms with Gasteiger partial charge in [0, 0.05) is 26.1 Å². The molecule has 19 heavy (non-hydrogen) atoms. The Morgan fingerprint density at radius 2 is 2.21 bits per heavy atom. The third-order valence-corrected chi connectivity index (χ3v) is 2.72. The quantitative estimate of drug-likeness (QED) is 0.686. The molecule has 0 fully saturated rings. The highest BCUT2D eigenvalue weighted by Crippen LogP contribution is 2.13. The molecule has 1 aromatic carbocycles. The van der Waals surface area contributed by atoms with E-state index in [0.29, 0.717) is 26.3 Å². The van der Waals surface area contributed by atoms with Crippen LogP contribution in [0.15, 0.2) is 24.3 Å². The van der Waals surface area contributed by atoms with Crippen molar-refractivity contribution in [2.24, 2.45) is 11.7 Å². The van der Waals surface area contributed by atoms with Crippen LogP contribution >= 0.6 is 0 Å². The second kappa shape index (κ2) is 8.50. The summed E-state index contributed by atoms with van der Waals surface area (Å²) >= 11 is 0. The average molecular weight is 266 g/mol. The maximum Gasteiger partial charge on any atom is 0.224 e. The molecule has 1 aromatic rings. The standard InChI is InChI=1S/C14H22N2O3/c1-11(9-15)14(17)16-10-12-4-3-5-13(8-12)19-7-6-18-2/h3-5,8,11H,6-7,9-10,15H2,1-2H3,(H,16,17). The largest absolute Gasteiger partial charge is 0.491 e. The van der Waals surface area contributed by atoms with Crippen molar-refractivity contribution >= 4 is 5.91 Å². The summed E-state index contributed by atoms with van der Waals surface area (Å²) in [5.41, 5.74) is 6.43. The van der Waals surface area contributed by atoms with Crippen LogP contribution in [0.4, 0.5) is 0 Å². The smallest absolute Gasteiger partial charge is 0.224 e. The van der Waals surface area contributed by atoms with Gasteiger partial charge in [0.2, 0.25) is 5.91 Å². The number of amides is 1. The second-order valence-electron chi connectivity index (χ2n) is 4.34. The molecule has 106 valence electrons. The molecule has 0 aliphatic heterocycles. The van der Waals surface area contributed by atoms with E-state index >= 15 is 0 Å². The maximum absolute atomic E-state index is 11.6. The van der Waals surface area contributed by atoms with Gasteiger partial charge in [-0.2, -0.15) is 0 Å². The van der Waals surface area contributed by atoms with Crippen LogP contribution in [0.5, 0.6) is 5.75 Å². The molecule has 3 N–H and O–H groups in total. The number of hydrogen-bond donors (Lipinski definition) is 2. The van der Waals surface area contributed by atoms with Gasteiger partial charge in [0.05, 0.1) is 6.61 Å². The monoisotopic (exact) mass is 266 g/mol. The predicted octanol–water partition coefficient (Wildman–Crippen LogP) is 0.923. The second-order valence-corrected chi connectivity index (χ2v) is 4.34. The average Bonchev–Trinajstić information content (AvgIpc) is 2.44. The SMILES string of the molecule is COCCOc1cccc(CNC(=O)C(C)CN)c1. The predicted molar refractivity (Wildman–Crippen MR) is 73.9 cm³/mol. The fourth-order valence-corrected chi connectivity index (χ4v) is 1.46. The van der Waals surface area contributed by atoms with Crippen molar-refractivity contribution in [3.8, 4) is 5.75 Å². The number of carbonyl (C=O) groups is 1. The van der Waals surface area contributed by atoms with Crippen molar-refractivity contribution in [2.45, 2.75) is 13.5 Å². The fourth-order valence-electron chi connectivity index (χ4n) is 1.46. The summed E-state index contributed by atoms with van der Waals surface area (Å²) in [6, 6.07) is 7.62. The van der Waals surface area contributed by atoms with Crippen LogP contribution in [0.1, 0.15) is 12.5 Å². The van der Waals surface area contributed by atoms with E-state index in [2.05, 4.69) is 5.32 Å². The number of carbonyl (C=O) groups excluding carboxylic acids is 1. The summed E-state index contributed by atoms with van der Waals surface area (Å²) in [4.78, 5) is 11.6. The van der Waals surface area contributed by atoms with Crippen molar-refractivity contribution in [1.82, 2.24) is 5.32 Å². The Bertz CT molecular complexity index is 396. The molecule has 0 aromatic heterocycles. The molecule has 0 aliphatic rings. The topological polar surface area (TPSA) is 73.6 Å². The van der Waals surface area contributed by atoms with Gasteiger partial charge in [-0.1, -0.05) is 19.1 Å². The molecule has 5 nitrogen and oxygen atoms in total. The molecule has 0 aliphatic carbocycles. The first-order valence-electron chi connectivity index (χ1n) is 6.35. The highest BCUT2D eigenvalue weighted by atomic mass is 16.5. The minimum Gasteiger partial charge on any atom is -0.491 e. The molecule has 0 bridgehead atoms. The number of rotatable bonds is 8. The first kappa shape index (κ1) is 15.5. The van der Waals surface area contributed by atoms with Crippen molar-refractivity contribution in [3.05, 3.63) is 29.8 Å². The Hall–Kier alpha value is -1.59. The minimum absolute atomic E-state index is 0.0341. The molecule has 0 saturated heterocycles. The van der Waals surface area contributed by atoms with E-state index in [-0.39, 0.29) is 11.8 Å². The van der Waals surface area contributed by atoms with Crippen molar-refractivity contribution in [1.29, 1.82) is 0 Å². The molecular weight excluding hydrogens is 244 g/mol. The normalized spacial score (nSPS) is 11.9. The van der Waals surface area contributed by atoms with E-state index in [0.717, 1.165) is 11.3 Å². The molecule has 0 spiro atoms. The van der Waals surface area contributed by atoms with E-state index in [1.807, 2.05) is 24.3 Å². The zero-order valence-corrected chi connectivity index (χ0v) is 11.5. The van der Waals surface area contributed by atoms with E-state index in [9.17, 15) is 4.79 Å². The van der Waals surface area contributed by atoms with Gasteiger partial charge in [0.25, 0.3) is 0 Å². The van der Waals surface area contributed by atoms with Gasteiger partial charge in [0.1, 0.15) is 12.4 Å². The highest BCUT2D eigenvalue weighted by molar-refractivity contribution is 5.78. The van der Waals surface area contributed by atoms with E-state index in [1.165, 1.54) is 0 Å². The number of nitrogens with two attached hydrogens (primary N) is 1. The molecule has 1 amide bonds. The first-order valence-corrected chi connectivity index (χ1v) is 6.35. The number of methoxy groups -OCH3 is 1. The van der Waals surface area contributed by atoms with Gasteiger partial charge in [-0.15, -0.1) is 0 Å². The third kappa shape index (κ3) is 5.72. The first-order chi connectivity index (χ1) is 9.17. The lowest BCUT2D eigenvalue weighted by atomic mass is 10.1. The van der Waals surface area contributed by atoms with Crippen LogP contribution < -0.4 is 15.8 Å². The molecule has 0 heterocycles. The lowest BCUT2D eigenvalue weighted by Crippen LogP contribution is -2.32. The Balaban J connectivity index is 2.45. The maximum atomic E-state index is 11.6. The Labute approximate surface area is 114 Å². The lowest BCUT2D eigenvalue weighted by Gasteiger charge is -2.11. The number of nitrogens with one attached hydrogen (secondary N) is 1. The molecule has 1 unspecified atom stereocenters. The number of hydrogen-bond acceptors (Lipinski definition) is 4. The van der Waals surface area contributed by atoms with Gasteiger partial charge < -0.3 is 20.5 Å². The Morgan fingerprint density at radius 1 is 1.42 bits per heavy atom. The van der Waals surface area contributed by atoms with Gasteiger partial charge in [0.15, 0.2) is 0 Å². The van der Waals surface area contributed by atoms with Crippen LogP contribution in [0.25, 0.3) is 0 Å². The van der Waals surface area contributed by atoms with Crippen LogP contribution in [-0.2, 0) is 16.1 Å². The third-order valence-electron chi connectivity index (χ3n) is 2.72. The van der Waals surface area contributed by atoms with Gasteiger partial charge in [-0.25, -0.2) is 0 Å². The van der Waals surface area contributed by atoms with Gasteiger partial charge in [-0.3, -0.25) is 4.79 Å². The van der Waals surface area contributed by atoms with Crippen LogP contribution in [0.3, 0.4) is 0 Å². The summed E-state index contributed by atoms with van der Waals surface area (Å²) in [5, 5.41) is 2.84. The molecule has 5 heteroatoms. The molecule has 0 radical (unpaired) electrons. The number of benzene rings is 1. The van der Waals surface area contributed by atoms with Crippen molar-refractivity contribution in [2.75, 3.05) is 26.9 Å². The summed E-state index contributed by atoms with van der Waals surface area (Å²) < 4.78 is 10.4. The highest BCUT2D eigenvalue weighted by Gasteiger charge is 2.09. The van der Waals surface area contributed by atoms with Crippen LogP contribution in [0.2, 0.25) is 0 Å². The van der Waals surface area contributed by atoms with Crippen molar-refractivity contribution < 1.29 is 14.3 Å². The summed E-state index contributed by atoms with van der Waals surface area (Å²) in [6.07, 6.45) is 0. The van der Waals surface area contributed by atoms with E-state index in [1.54, 1.807) is 14.0 Å². The zero-order valence-electron chi connectivity index (χ0n) is 11.5. The van der Waals surface area contributed by atoms with Crippen LogP contribution in [0, 0.1) is 5.92 Å². The molecule has 1 atom stereocenters. The number of ether oxygens (including phenoxy) is 2. The van der Waals surface area contributed by atoms with Gasteiger partial charge >= 0.3 is 0 Å². The Kier molecular flexibility index (Phi) is 6.92. The lowest BCUT2D eigenvalue weighted by molar-refractivity contribution is -0.124. The summed E-state index contributed by atoms with van der Waals surface area (Å²) in [7, 11) is 1.63. The molecular formula is C14H22N2O3. The van der Waals surface area contributed by atoms with Crippen LogP contribution in [-0.4, -0.2) is 32.8 Å².